The van der Waals surface area contributed by atoms with Crippen LogP contribution in [0.3, 0.4) is 0 Å². The zero-order valence-corrected chi connectivity index (χ0v) is 8.89. The van der Waals surface area contributed by atoms with E-state index in [-0.39, 0.29) is 11.9 Å². The first-order valence-corrected chi connectivity index (χ1v) is 5.05. The first kappa shape index (κ1) is 10.2. The fourth-order valence-corrected chi connectivity index (χ4v) is 1.40. The van der Waals surface area contributed by atoms with E-state index >= 15 is 0 Å². The van der Waals surface area contributed by atoms with Crippen molar-refractivity contribution >= 4 is 21.7 Å². The third-order valence-corrected chi connectivity index (χ3v) is 2.30. The predicted molar refractivity (Wildman–Crippen MR) is 48.3 cm³/mol. The summed E-state index contributed by atoms with van der Waals surface area (Å²) >= 11 is 3.10. The van der Waals surface area contributed by atoms with Crippen molar-refractivity contribution in [3.8, 4) is 0 Å². The predicted octanol–water partition coefficient (Wildman–Crippen LogP) is 1.49. The lowest BCUT2D eigenvalue weighted by Gasteiger charge is -2.16. The highest BCUT2D eigenvalue weighted by Gasteiger charge is 2.33. The van der Waals surface area contributed by atoms with Crippen LogP contribution >= 0.6 is 15.9 Å². The van der Waals surface area contributed by atoms with Gasteiger partial charge in [-0.1, -0.05) is 15.9 Å². The van der Waals surface area contributed by atoms with Crippen molar-refractivity contribution in [2.24, 2.45) is 0 Å². The zero-order valence-electron chi connectivity index (χ0n) is 7.30. The van der Waals surface area contributed by atoms with Gasteiger partial charge in [-0.05, 0) is 13.8 Å². The summed E-state index contributed by atoms with van der Waals surface area (Å²) in [6, 6.07) is 0. The molecule has 1 heterocycles. The minimum atomic E-state index is -0.517. The Morgan fingerprint density at radius 1 is 1.67 bits per heavy atom. The number of carbonyl (C=O) groups is 1. The third kappa shape index (κ3) is 2.84. The second-order valence-corrected chi connectivity index (χ2v) is 3.89. The lowest BCUT2D eigenvalue weighted by Crippen LogP contribution is -2.23. The molecule has 3 nitrogen and oxygen atoms in total. The Labute approximate surface area is 80.5 Å². The summed E-state index contributed by atoms with van der Waals surface area (Å²) in [5.41, 5.74) is 0. The summed E-state index contributed by atoms with van der Waals surface area (Å²) < 4.78 is 10.8. The number of carbonyl (C=O) groups excluding carboxylic acids is 1. The van der Waals surface area contributed by atoms with Gasteiger partial charge in [0.1, 0.15) is 5.78 Å². The molecule has 1 rings (SSSR count). The van der Waals surface area contributed by atoms with Crippen molar-refractivity contribution in [3.05, 3.63) is 0 Å². The maximum absolute atomic E-state index is 11.0. The number of Topliss-reactive ketones (excluding diaryl/α,β-unsaturated/α-hetero) is 1. The molecule has 0 radical (unpaired) electrons. The number of rotatable bonds is 3. The lowest BCUT2D eigenvalue weighted by atomic mass is 10.2. The molecule has 1 atom stereocenters. The molecule has 0 aromatic carbocycles. The normalized spacial score (nSPS) is 27.4. The van der Waals surface area contributed by atoms with Crippen LogP contribution in [-0.4, -0.2) is 29.6 Å². The SMILES string of the molecule is CC1(C)OCC(CC(=O)CBr)O1. The van der Waals surface area contributed by atoms with Crippen LogP contribution in [0, 0.1) is 0 Å². The van der Waals surface area contributed by atoms with Crippen molar-refractivity contribution in [1.29, 1.82) is 0 Å². The smallest absolute Gasteiger partial charge is 0.163 e. The summed E-state index contributed by atoms with van der Waals surface area (Å²) in [5, 5.41) is 0.396. The largest absolute Gasteiger partial charge is 0.348 e. The van der Waals surface area contributed by atoms with Crippen molar-refractivity contribution < 1.29 is 14.3 Å². The minimum absolute atomic E-state index is 0.0648. The van der Waals surface area contributed by atoms with Crippen LogP contribution in [0.5, 0.6) is 0 Å². The topological polar surface area (TPSA) is 35.5 Å². The number of hydrogen-bond acceptors (Lipinski definition) is 3. The number of halogens is 1. The van der Waals surface area contributed by atoms with E-state index < -0.39 is 5.79 Å². The van der Waals surface area contributed by atoms with Gasteiger partial charge in [0.25, 0.3) is 0 Å². The Kier molecular flexibility index (Phi) is 3.26. The van der Waals surface area contributed by atoms with Crippen LogP contribution in [0.1, 0.15) is 20.3 Å². The zero-order chi connectivity index (χ0) is 9.19. The second-order valence-electron chi connectivity index (χ2n) is 3.33. The molecule has 70 valence electrons. The van der Waals surface area contributed by atoms with Crippen LogP contribution in [-0.2, 0) is 14.3 Å². The number of ketones is 1. The molecule has 0 saturated carbocycles. The second kappa shape index (κ2) is 3.85. The minimum Gasteiger partial charge on any atom is -0.348 e. The fourth-order valence-electron chi connectivity index (χ4n) is 1.17. The Bertz CT molecular complexity index is 179. The van der Waals surface area contributed by atoms with Crippen LogP contribution in [0.25, 0.3) is 0 Å². The molecular weight excluding hydrogens is 224 g/mol. The van der Waals surface area contributed by atoms with Gasteiger partial charge in [0.15, 0.2) is 5.79 Å². The van der Waals surface area contributed by atoms with Crippen LogP contribution in [0.2, 0.25) is 0 Å². The molecule has 0 aliphatic carbocycles. The highest BCUT2D eigenvalue weighted by atomic mass is 79.9. The molecule has 0 N–H and O–H groups in total. The molecule has 0 aromatic rings. The average molecular weight is 237 g/mol. The van der Waals surface area contributed by atoms with Gasteiger partial charge in [0.05, 0.1) is 18.0 Å². The van der Waals surface area contributed by atoms with Crippen LogP contribution in [0.4, 0.5) is 0 Å². The number of hydrogen-bond donors (Lipinski definition) is 0. The molecule has 12 heavy (non-hydrogen) atoms. The Morgan fingerprint density at radius 2 is 2.33 bits per heavy atom. The summed E-state index contributed by atoms with van der Waals surface area (Å²) in [6.07, 6.45) is 0.374. The molecule has 4 heteroatoms. The van der Waals surface area contributed by atoms with Gasteiger partial charge in [-0.25, -0.2) is 0 Å². The molecule has 1 aliphatic heterocycles. The van der Waals surface area contributed by atoms with Crippen molar-refractivity contribution in [2.75, 3.05) is 11.9 Å². The molecule has 1 fully saturated rings. The summed E-state index contributed by atoms with van der Waals surface area (Å²) in [6.45, 7) is 4.23. The number of alkyl halides is 1. The first-order valence-electron chi connectivity index (χ1n) is 3.93. The standard InChI is InChI=1S/C8H13BrO3/c1-8(2)11-5-7(12-8)3-6(10)4-9/h7H,3-5H2,1-2H3. The summed E-state index contributed by atoms with van der Waals surface area (Å²) in [7, 11) is 0. The summed E-state index contributed by atoms with van der Waals surface area (Å²) in [5.74, 6) is -0.363. The van der Waals surface area contributed by atoms with E-state index in [9.17, 15) is 4.79 Å². The van der Waals surface area contributed by atoms with Crippen molar-refractivity contribution in [1.82, 2.24) is 0 Å². The molecule has 1 saturated heterocycles. The molecule has 1 unspecified atom stereocenters. The Morgan fingerprint density at radius 3 is 2.75 bits per heavy atom. The van der Waals surface area contributed by atoms with Gasteiger partial charge in [0.2, 0.25) is 0 Å². The molecule has 1 aliphatic rings. The highest BCUT2D eigenvalue weighted by molar-refractivity contribution is 9.09. The van der Waals surface area contributed by atoms with Gasteiger partial charge >= 0.3 is 0 Å². The highest BCUT2D eigenvalue weighted by Crippen LogP contribution is 2.24. The van der Waals surface area contributed by atoms with E-state index in [4.69, 9.17) is 9.47 Å². The molecular formula is C8H13BrO3. The van der Waals surface area contributed by atoms with E-state index in [0.29, 0.717) is 18.4 Å². The van der Waals surface area contributed by atoms with Gasteiger partial charge in [0, 0.05) is 6.42 Å². The van der Waals surface area contributed by atoms with E-state index in [1.54, 1.807) is 0 Å². The first-order chi connectivity index (χ1) is 5.53. The molecule has 0 aromatic heterocycles. The maximum atomic E-state index is 11.0. The van der Waals surface area contributed by atoms with Gasteiger partial charge in [-0.2, -0.15) is 0 Å². The third-order valence-electron chi connectivity index (χ3n) is 1.67. The monoisotopic (exact) mass is 236 g/mol. The van der Waals surface area contributed by atoms with Crippen molar-refractivity contribution in [2.45, 2.75) is 32.2 Å². The van der Waals surface area contributed by atoms with Gasteiger partial charge < -0.3 is 9.47 Å². The lowest BCUT2D eigenvalue weighted by molar-refractivity contribution is -0.141. The van der Waals surface area contributed by atoms with E-state index in [1.807, 2.05) is 13.8 Å². The Hall–Kier alpha value is 0.0700. The molecule has 0 amide bonds. The average Bonchev–Trinajstić information content (AvgIpc) is 2.30. The van der Waals surface area contributed by atoms with Crippen LogP contribution < -0.4 is 0 Å². The van der Waals surface area contributed by atoms with E-state index in [0.717, 1.165) is 0 Å². The van der Waals surface area contributed by atoms with E-state index in [1.165, 1.54) is 0 Å². The quantitative estimate of drug-likeness (QED) is 0.697. The van der Waals surface area contributed by atoms with Gasteiger partial charge in [-0.15, -0.1) is 0 Å². The maximum Gasteiger partial charge on any atom is 0.163 e. The Balaban J connectivity index is 2.33. The molecule has 0 spiro atoms. The van der Waals surface area contributed by atoms with E-state index in [2.05, 4.69) is 15.9 Å². The number of ether oxygens (including phenoxy) is 2. The summed E-state index contributed by atoms with van der Waals surface area (Å²) in [4.78, 5) is 11.0. The van der Waals surface area contributed by atoms with Crippen LogP contribution in [0.15, 0.2) is 0 Å². The molecule has 0 bridgehead atoms. The fraction of sp³-hybridized carbons (Fsp3) is 0.875. The van der Waals surface area contributed by atoms with Crippen molar-refractivity contribution in [3.63, 3.8) is 0 Å². The van der Waals surface area contributed by atoms with Gasteiger partial charge in [-0.3, -0.25) is 4.79 Å².